The standard InChI is InChI=1S/C20H26N4O/c1-25-19-15-24(20(19)16-5-4-9-21-13-16)18-7-11-23(12-8-18)14-17-6-2-3-10-22-17/h2-6,9-10,13,18-20H,7-8,11-12,14-15H2,1H3/t19-,20-/m0/s1. The number of methoxy groups -OCH3 is 1. The second kappa shape index (κ2) is 7.60. The molecule has 132 valence electrons. The van der Waals surface area contributed by atoms with E-state index < -0.39 is 0 Å². The molecule has 0 unspecified atom stereocenters. The first kappa shape index (κ1) is 16.6. The van der Waals surface area contributed by atoms with Crippen LogP contribution in [0.2, 0.25) is 0 Å². The molecule has 2 fully saturated rings. The molecule has 0 radical (unpaired) electrons. The van der Waals surface area contributed by atoms with E-state index in [0.29, 0.717) is 12.1 Å². The van der Waals surface area contributed by atoms with Crippen LogP contribution in [-0.4, -0.2) is 58.7 Å². The average molecular weight is 338 g/mol. The highest BCUT2D eigenvalue weighted by Crippen LogP contribution is 2.39. The van der Waals surface area contributed by atoms with E-state index in [-0.39, 0.29) is 6.10 Å². The van der Waals surface area contributed by atoms with E-state index in [0.717, 1.165) is 31.9 Å². The Morgan fingerprint density at radius 1 is 1.12 bits per heavy atom. The molecule has 4 heterocycles. The third-order valence-electron chi connectivity index (χ3n) is 5.57. The molecule has 0 saturated carbocycles. The van der Waals surface area contributed by atoms with Crippen molar-refractivity contribution >= 4 is 0 Å². The van der Waals surface area contributed by atoms with Gasteiger partial charge in [-0.05, 0) is 36.6 Å². The SMILES string of the molecule is CO[C@H]1CN(C2CCN(Cc3ccccn3)CC2)[C@H]1c1cccnc1. The van der Waals surface area contributed by atoms with Gasteiger partial charge in [0.2, 0.25) is 0 Å². The zero-order valence-corrected chi connectivity index (χ0v) is 14.8. The molecule has 0 spiro atoms. The van der Waals surface area contributed by atoms with Crippen LogP contribution in [0.4, 0.5) is 0 Å². The largest absolute Gasteiger partial charge is 0.378 e. The molecule has 5 heteroatoms. The monoisotopic (exact) mass is 338 g/mol. The highest BCUT2D eigenvalue weighted by atomic mass is 16.5. The molecular formula is C20H26N4O. The van der Waals surface area contributed by atoms with Gasteiger partial charge >= 0.3 is 0 Å². The van der Waals surface area contributed by atoms with Gasteiger partial charge in [-0.3, -0.25) is 19.8 Å². The predicted octanol–water partition coefficient (Wildman–Crippen LogP) is 2.51. The van der Waals surface area contributed by atoms with Crippen molar-refractivity contribution in [1.82, 2.24) is 19.8 Å². The lowest BCUT2D eigenvalue weighted by Gasteiger charge is -2.53. The zero-order chi connectivity index (χ0) is 17.1. The van der Waals surface area contributed by atoms with Crippen molar-refractivity contribution in [3.63, 3.8) is 0 Å². The Morgan fingerprint density at radius 3 is 2.68 bits per heavy atom. The van der Waals surface area contributed by atoms with Gasteiger partial charge in [-0.15, -0.1) is 0 Å². The Balaban J connectivity index is 1.36. The molecule has 0 aliphatic carbocycles. The first-order valence-electron chi connectivity index (χ1n) is 9.16. The first-order chi connectivity index (χ1) is 12.3. The maximum absolute atomic E-state index is 5.69. The van der Waals surface area contributed by atoms with Crippen molar-refractivity contribution in [3.8, 4) is 0 Å². The van der Waals surface area contributed by atoms with Crippen LogP contribution < -0.4 is 0 Å². The summed E-state index contributed by atoms with van der Waals surface area (Å²) < 4.78 is 5.69. The van der Waals surface area contributed by atoms with E-state index in [4.69, 9.17) is 4.74 Å². The van der Waals surface area contributed by atoms with Gasteiger partial charge in [-0.25, -0.2) is 0 Å². The fourth-order valence-electron chi connectivity index (χ4n) is 4.16. The lowest BCUT2D eigenvalue weighted by molar-refractivity contribution is -0.117. The number of hydrogen-bond acceptors (Lipinski definition) is 5. The van der Waals surface area contributed by atoms with Gasteiger partial charge in [0.1, 0.15) is 0 Å². The van der Waals surface area contributed by atoms with E-state index in [1.165, 1.54) is 18.4 Å². The summed E-state index contributed by atoms with van der Waals surface area (Å²) in [5.74, 6) is 0. The lowest BCUT2D eigenvalue weighted by atomic mass is 9.87. The summed E-state index contributed by atoms with van der Waals surface area (Å²) in [6, 6.07) is 11.3. The number of nitrogens with zero attached hydrogens (tertiary/aromatic N) is 4. The van der Waals surface area contributed by atoms with Crippen molar-refractivity contribution in [2.24, 2.45) is 0 Å². The Morgan fingerprint density at radius 2 is 2.00 bits per heavy atom. The average Bonchev–Trinajstić information content (AvgIpc) is 2.64. The minimum Gasteiger partial charge on any atom is -0.378 e. The number of aromatic nitrogens is 2. The van der Waals surface area contributed by atoms with Crippen molar-refractivity contribution < 1.29 is 4.74 Å². The molecule has 0 N–H and O–H groups in total. The molecule has 25 heavy (non-hydrogen) atoms. The molecule has 2 aromatic rings. The zero-order valence-electron chi connectivity index (χ0n) is 14.8. The molecule has 0 bridgehead atoms. The van der Waals surface area contributed by atoms with Gasteiger partial charge in [-0.2, -0.15) is 0 Å². The van der Waals surface area contributed by atoms with Crippen molar-refractivity contribution in [2.75, 3.05) is 26.7 Å². The van der Waals surface area contributed by atoms with Crippen LogP contribution in [0, 0.1) is 0 Å². The minimum atomic E-state index is 0.288. The summed E-state index contributed by atoms with van der Waals surface area (Å²) in [5, 5.41) is 0. The Kier molecular flexibility index (Phi) is 5.06. The van der Waals surface area contributed by atoms with Gasteiger partial charge in [0.15, 0.2) is 0 Å². The van der Waals surface area contributed by atoms with Gasteiger partial charge in [0, 0.05) is 57.9 Å². The number of ether oxygens (including phenoxy) is 1. The highest BCUT2D eigenvalue weighted by molar-refractivity contribution is 5.20. The van der Waals surface area contributed by atoms with Crippen LogP contribution in [0.3, 0.4) is 0 Å². The van der Waals surface area contributed by atoms with Crippen molar-refractivity contribution in [1.29, 1.82) is 0 Å². The van der Waals surface area contributed by atoms with E-state index in [9.17, 15) is 0 Å². The van der Waals surface area contributed by atoms with Crippen LogP contribution in [0.25, 0.3) is 0 Å². The van der Waals surface area contributed by atoms with E-state index in [1.54, 1.807) is 0 Å². The summed E-state index contributed by atoms with van der Waals surface area (Å²) in [6.45, 7) is 4.26. The molecule has 0 aromatic carbocycles. The maximum atomic E-state index is 5.69. The fourth-order valence-corrected chi connectivity index (χ4v) is 4.16. The van der Waals surface area contributed by atoms with Crippen LogP contribution in [0.15, 0.2) is 48.9 Å². The molecule has 2 aromatic heterocycles. The molecule has 4 rings (SSSR count). The van der Waals surface area contributed by atoms with Crippen molar-refractivity contribution in [3.05, 3.63) is 60.2 Å². The maximum Gasteiger partial charge on any atom is 0.0895 e. The van der Waals surface area contributed by atoms with E-state index in [1.807, 2.05) is 37.8 Å². The number of likely N-dealkylation sites (tertiary alicyclic amines) is 2. The Bertz CT molecular complexity index is 658. The first-order valence-corrected chi connectivity index (χ1v) is 9.16. The van der Waals surface area contributed by atoms with Crippen LogP contribution >= 0.6 is 0 Å². The summed E-state index contributed by atoms with van der Waals surface area (Å²) >= 11 is 0. The number of rotatable bonds is 5. The molecule has 2 atom stereocenters. The van der Waals surface area contributed by atoms with Gasteiger partial charge in [-0.1, -0.05) is 12.1 Å². The molecule has 5 nitrogen and oxygen atoms in total. The van der Waals surface area contributed by atoms with Crippen LogP contribution in [-0.2, 0) is 11.3 Å². The van der Waals surface area contributed by atoms with E-state index in [2.05, 4.69) is 38.0 Å². The summed E-state index contributed by atoms with van der Waals surface area (Å²) in [6.07, 6.45) is 8.41. The summed E-state index contributed by atoms with van der Waals surface area (Å²) in [7, 11) is 1.82. The normalized spacial score (nSPS) is 25.6. The quantitative estimate of drug-likeness (QED) is 0.838. The Labute approximate surface area is 149 Å². The topological polar surface area (TPSA) is 41.5 Å². The van der Waals surface area contributed by atoms with Crippen LogP contribution in [0.1, 0.15) is 30.1 Å². The minimum absolute atomic E-state index is 0.288. The Hall–Kier alpha value is -1.82. The molecule has 2 aliphatic heterocycles. The fraction of sp³-hybridized carbons (Fsp3) is 0.500. The molecule has 2 aliphatic rings. The number of hydrogen-bond donors (Lipinski definition) is 0. The van der Waals surface area contributed by atoms with Crippen LogP contribution in [0.5, 0.6) is 0 Å². The predicted molar refractivity (Wildman–Crippen MR) is 97.0 cm³/mol. The van der Waals surface area contributed by atoms with Gasteiger partial charge in [0.25, 0.3) is 0 Å². The lowest BCUT2D eigenvalue weighted by Crippen LogP contribution is -2.60. The van der Waals surface area contributed by atoms with Gasteiger partial charge < -0.3 is 4.74 Å². The van der Waals surface area contributed by atoms with E-state index >= 15 is 0 Å². The molecule has 0 amide bonds. The number of pyridine rings is 2. The number of piperidine rings is 1. The highest BCUT2D eigenvalue weighted by Gasteiger charge is 2.44. The second-order valence-electron chi connectivity index (χ2n) is 7.03. The van der Waals surface area contributed by atoms with Crippen molar-refractivity contribution in [2.45, 2.75) is 37.6 Å². The molecular weight excluding hydrogens is 312 g/mol. The second-order valence-corrected chi connectivity index (χ2v) is 7.03. The third-order valence-corrected chi connectivity index (χ3v) is 5.57. The molecule has 2 saturated heterocycles. The van der Waals surface area contributed by atoms with Gasteiger partial charge in [0.05, 0.1) is 17.8 Å². The summed E-state index contributed by atoms with van der Waals surface area (Å²) in [4.78, 5) is 13.9. The third kappa shape index (κ3) is 3.59. The summed E-state index contributed by atoms with van der Waals surface area (Å²) in [5.41, 5.74) is 2.44. The smallest absolute Gasteiger partial charge is 0.0895 e.